The molecule has 2 aromatic rings. The van der Waals surface area contributed by atoms with E-state index >= 15 is 0 Å². The quantitative estimate of drug-likeness (QED) is 0.221. The second-order valence-corrected chi connectivity index (χ2v) is 9.48. The fraction of sp³-hybridized carbons (Fsp3) is 0.467. The zero-order chi connectivity index (χ0) is 26.9. The van der Waals surface area contributed by atoms with Gasteiger partial charge in [0.15, 0.2) is 0 Å². The maximum Gasteiger partial charge on any atom is 0.295 e. The number of likely N-dealkylation sites (tertiary alicyclic amines) is 1. The van der Waals surface area contributed by atoms with Gasteiger partial charge >= 0.3 is 0 Å². The lowest BCUT2D eigenvalue weighted by Crippen LogP contribution is -2.33. The Hall–Kier alpha value is -3.32. The molecular weight excluding hydrogens is 468 g/mol. The Labute approximate surface area is 220 Å². The van der Waals surface area contributed by atoms with E-state index < -0.39 is 17.7 Å². The first-order valence-electron chi connectivity index (χ1n) is 13.3. The second kappa shape index (κ2) is 13.3. The predicted molar refractivity (Wildman–Crippen MR) is 146 cm³/mol. The summed E-state index contributed by atoms with van der Waals surface area (Å²) in [4.78, 5) is 30.4. The summed E-state index contributed by atoms with van der Waals surface area (Å²) in [5.41, 5.74) is 1.32. The Kier molecular flexibility index (Phi) is 10.1. The number of benzene rings is 2. The lowest BCUT2D eigenvalue weighted by Gasteiger charge is -2.27. The number of carbonyl (C=O) groups excluding carboxylic acids is 2. The van der Waals surface area contributed by atoms with Gasteiger partial charge in [0.1, 0.15) is 17.3 Å². The van der Waals surface area contributed by atoms with Crippen LogP contribution in [0.4, 0.5) is 0 Å². The predicted octanol–water partition coefficient (Wildman–Crippen LogP) is 5.42. The van der Waals surface area contributed by atoms with Gasteiger partial charge in [-0.1, -0.05) is 32.9 Å². The van der Waals surface area contributed by atoms with Crippen molar-refractivity contribution in [2.45, 2.75) is 59.6 Å². The average molecular weight is 509 g/mol. The van der Waals surface area contributed by atoms with Crippen molar-refractivity contribution in [1.29, 1.82) is 0 Å². The number of hydrogen-bond acceptors (Lipinski definition) is 6. The molecule has 1 aliphatic rings. The van der Waals surface area contributed by atoms with Crippen LogP contribution in [0.5, 0.6) is 11.5 Å². The standard InChI is InChI=1S/C30H40N2O5/c1-6-20-36-24-14-12-23(13-15-24)28(33)26-27(22-10-16-25(17-11-22)37-21(4)5)32(30(35)29(26)34)19-9-18-31(7-2)8-3/h10-17,21,27,33H,6-9,18-20H2,1-5H3/t27-/m1/s1. The first-order chi connectivity index (χ1) is 17.8. The number of ether oxygens (including phenoxy) is 2. The number of hydrogen-bond donors (Lipinski definition) is 1. The van der Waals surface area contributed by atoms with Crippen LogP contribution in [-0.2, 0) is 9.59 Å². The molecule has 0 saturated carbocycles. The number of amides is 1. The number of aliphatic hydroxyl groups is 1. The molecule has 0 aliphatic carbocycles. The van der Waals surface area contributed by atoms with E-state index in [4.69, 9.17) is 9.47 Å². The molecule has 0 bridgehead atoms. The maximum absolute atomic E-state index is 13.3. The summed E-state index contributed by atoms with van der Waals surface area (Å²) in [6, 6.07) is 13.7. The van der Waals surface area contributed by atoms with Gasteiger partial charge in [0.2, 0.25) is 0 Å². The van der Waals surface area contributed by atoms with Crippen molar-refractivity contribution < 1.29 is 24.2 Å². The van der Waals surface area contributed by atoms with E-state index in [1.807, 2.05) is 45.0 Å². The Bertz CT molecular complexity index is 1070. The van der Waals surface area contributed by atoms with Crippen molar-refractivity contribution in [2.24, 2.45) is 0 Å². The van der Waals surface area contributed by atoms with Crippen LogP contribution >= 0.6 is 0 Å². The van der Waals surface area contributed by atoms with Gasteiger partial charge in [0.25, 0.3) is 11.7 Å². The molecule has 1 aliphatic heterocycles. The zero-order valence-corrected chi connectivity index (χ0v) is 22.7. The van der Waals surface area contributed by atoms with Crippen molar-refractivity contribution in [3.8, 4) is 11.5 Å². The SMILES string of the molecule is CCCOc1ccc(C(O)=C2C(=O)C(=O)N(CCCN(CC)CC)[C@@H]2c2ccc(OC(C)C)cc2)cc1. The van der Waals surface area contributed by atoms with Crippen LogP contribution in [0.3, 0.4) is 0 Å². The van der Waals surface area contributed by atoms with Gasteiger partial charge < -0.3 is 24.4 Å². The molecule has 1 saturated heterocycles. The highest BCUT2D eigenvalue weighted by atomic mass is 16.5. The molecule has 200 valence electrons. The van der Waals surface area contributed by atoms with Crippen LogP contribution in [0.25, 0.3) is 5.76 Å². The molecule has 3 rings (SSSR count). The summed E-state index contributed by atoms with van der Waals surface area (Å²) in [6.45, 7) is 13.8. The molecule has 0 unspecified atom stereocenters. The smallest absolute Gasteiger partial charge is 0.295 e. The average Bonchev–Trinajstić information content (AvgIpc) is 3.15. The minimum Gasteiger partial charge on any atom is -0.507 e. The van der Waals surface area contributed by atoms with Gasteiger partial charge in [-0.2, -0.15) is 0 Å². The highest BCUT2D eigenvalue weighted by Crippen LogP contribution is 2.40. The number of ketones is 1. The van der Waals surface area contributed by atoms with E-state index in [0.717, 1.165) is 38.0 Å². The highest BCUT2D eigenvalue weighted by Gasteiger charge is 2.45. The zero-order valence-electron chi connectivity index (χ0n) is 22.7. The molecule has 0 radical (unpaired) electrons. The molecule has 1 amide bonds. The van der Waals surface area contributed by atoms with E-state index in [9.17, 15) is 14.7 Å². The first kappa shape index (κ1) is 28.3. The van der Waals surface area contributed by atoms with Gasteiger partial charge in [0, 0.05) is 12.1 Å². The lowest BCUT2D eigenvalue weighted by atomic mass is 9.95. The molecule has 1 atom stereocenters. The van der Waals surface area contributed by atoms with E-state index in [1.165, 1.54) is 0 Å². The van der Waals surface area contributed by atoms with E-state index in [2.05, 4.69) is 18.7 Å². The lowest BCUT2D eigenvalue weighted by molar-refractivity contribution is -0.140. The molecule has 1 fully saturated rings. The van der Waals surface area contributed by atoms with Crippen LogP contribution in [-0.4, -0.2) is 65.5 Å². The summed E-state index contributed by atoms with van der Waals surface area (Å²) >= 11 is 0. The third-order valence-corrected chi connectivity index (χ3v) is 6.48. The van der Waals surface area contributed by atoms with Crippen LogP contribution in [0.1, 0.15) is 64.6 Å². The normalized spacial score (nSPS) is 17.2. The summed E-state index contributed by atoms with van der Waals surface area (Å²) < 4.78 is 11.4. The molecule has 0 aromatic heterocycles. The number of nitrogens with zero attached hydrogens (tertiary/aromatic N) is 2. The van der Waals surface area contributed by atoms with Crippen molar-refractivity contribution in [1.82, 2.24) is 9.80 Å². The number of aliphatic hydroxyl groups excluding tert-OH is 1. The van der Waals surface area contributed by atoms with Crippen molar-refractivity contribution in [2.75, 3.05) is 32.8 Å². The molecule has 0 spiro atoms. The van der Waals surface area contributed by atoms with Crippen LogP contribution < -0.4 is 9.47 Å². The monoisotopic (exact) mass is 508 g/mol. The van der Waals surface area contributed by atoms with Gasteiger partial charge in [-0.25, -0.2) is 0 Å². The summed E-state index contributed by atoms with van der Waals surface area (Å²) in [5.74, 6) is -0.0396. The van der Waals surface area contributed by atoms with Crippen LogP contribution in [0.2, 0.25) is 0 Å². The topological polar surface area (TPSA) is 79.3 Å². The molecule has 7 heteroatoms. The third-order valence-electron chi connectivity index (χ3n) is 6.48. The molecule has 1 heterocycles. The Morgan fingerprint density at radius 1 is 0.973 bits per heavy atom. The first-order valence-corrected chi connectivity index (χ1v) is 13.3. The largest absolute Gasteiger partial charge is 0.507 e. The Balaban J connectivity index is 1.98. The minimum atomic E-state index is -0.680. The van der Waals surface area contributed by atoms with Crippen LogP contribution in [0, 0.1) is 0 Å². The molecule has 37 heavy (non-hydrogen) atoms. The molecule has 2 aromatic carbocycles. The number of rotatable bonds is 13. The van der Waals surface area contributed by atoms with Gasteiger partial charge in [-0.15, -0.1) is 0 Å². The fourth-order valence-corrected chi connectivity index (χ4v) is 4.55. The summed E-state index contributed by atoms with van der Waals surface area (Å²) in [5, 5.41) is 11.3. The van der Waals surface area contributed by atoms with Crippen molar-refractivity contribution >= 4 is 17.4 Å². The summed E-state index contributed by atoms with van der Waals surface area (Å²) in [6.07, 6.45) is 1.64. The van der Waals surface area contributed by atoms with Gasteiger partial charge in [0.05, 0.1) is 24.3 Å². The molecular formula is C30H40N2O5. The van der Waals surface area contributed by atoms with E-state index in [1.54, 1.807) is 29.2 Å². The van der Waals surface area contributed by atoms with Gasteiger partial charge in [-0.05, 0) is 88.3 Å². The fourth-order valence-electron chi connectivity index (χ4n) is 4.55. The minimum absolute atomic E-state index is 0.0286. The summed E-state index contributed by atoms with van der Waals surface area (Å²) in [7, 11) is 0. The third kappa shape index (κ3) is 6.92. The van der Waals surface area contributed by atoms with Crippen molar-refractivity contribution in [3.05, 3.63) is 65.2 Å². The highest BCUT2D eigenvalue weighted by molar-refractivity contribution is 6.46. The number of carbonyl (C=O) groups is 2. The Morgan fingerprint density at radius 3 is 2.16 bits per heavy atom. The van der Waals surface area contributed by atoms with Crippen molar-refractivity contribution in [3.63, 3.8) is 0 Å². The molecule has 1 N–H and O–H groups in total. The second-order valence-electron chi connectivity index (χ2n) is 9.48. The van der Waals surface area contributed by atoms with E-state index in [0.29, 0.717) is 30.2 Å². The maximum atomic E-state index is 13.3. The van der Waals surface area contributed by atoms with E-state index in [-0.39, 0.29) is 17.4 Å². The Morgan fingerprint density at radius 2 is 1.59 bits per heavy atom. The molecule has 7 nitrogen and oxygen atoms in total. The number of Topliss-reactive ketones (excluding diaryl/α,β-unsaturated/α-hetero) is 1. The van der Waals surface area contributed by atoms with Gasteiger partial charge in [-0.3, -0.25) is 9.59 Å². The van der Waals surface area contributed by atoms with Crippen LogP contribution in [0.15, 0.2) is 54.1 Å².